The number of nitrogens with zero attached hydrogens (tertiary/aromatic N) is 4. The number of hydrogen-bond acceptors (Lipinski definition) is 7. The number of benzene rings is 1. The van der Waals surface area contributed by atoms with Crippen LogP contribution in [-0.2, 0) is 0 Å². The van der Waals surface area contributed by atoms with E-state index in [2.05, 4.69) is 20.1 Å². The van der Waals surface area contributed by atoms with Gasteiger partial charge in [0.15, 0.2) is 5.82 Å². The molecule has 1 aromatic carbocycles. The molecule has 0 bridgehead atoms. The van der Waals surface area contributed by atoms with Crippen LogP contribution in [0.3, 0.4) is 0 Å². The highest BCUT2D eigenvalue weighted by Gasteiger charge is 2.13. The first kappa shape index (κ1) is 12.5. The maximum Gasteiger partial charge on any atom is 0.154 e. The molecule has 0 saturated heterocycles. The van der Waals surface area contributed by atoms with Crippen molar-refractivity contribution >= 4 is 33.7 Å². The average molecular weight is 285 g/mol. The third kappa shape index (κ3) is 2.08. The molecule has 0 aliphatic heterocycles. The number of thiazole rings is 1. The SMILES string of the molecule is Cc1ccc(C=NO)c(-c2nc3c(N)ncnc3s2)c1. The van der Waals surface area contributed by atoms with Crippen LogP contribution in [0, 0.1) is 6.92 Å². The zero-order chi connectivity index (χ0) is 14.1. The van der Waals surface area contributed by atoms with Crippen LogP contribution >= 0.6 is 11.3 Å². The molecule has 6 nitrogen and oxygen atoms in total. The summed E-state index contributed by atoms with van der Waals surface area (Å²) >= 11 is 1.43. The number of fused-ring (bicyclic) bond motifs is 1. The Morgan fingerprint density at radius 1 is 1.35 bits per heavy atom. The molecule has 0 aliphatic rings. The fraction of sp³-hybridized carbons (Fsp3) is 0.0769. The van der Waals surface area contributed by atoms with Gasteiger partial charge in [-0.3, -0.25) is 0 Å². The second-order valence-electron chi connectivity index (χ2n) is 4.27. The minimum atomic E-state index is 0.363. The number of rotatable bonds is 2. The fourth-order valence-electron chi connectivity index (χ4n) is 1.92. The van der Waals surface area contributed by atoms with Crippen molar-refractivity contribution in [1.82, 2.24) is 15.0 Å². The van der Waals surface area contributed by atoms with E-state index in [4.69, 9.17) is 10.9 Å². The van der Waals surface area contributed by atoms with Gasteiger partial charge in [0.05, 0.1) is 6.21 Å². The van der Waals surface area contributed by atoms with Gasteiger partial charge in [0.25, 0.3) is 0 Å². The summed E-state index contributed by atoms with van der Waals surface area (Å²) < 4.78 is 0. The summed E-state index contributed by atoms with van der Waals surface area (Å²) in [7, 11) is 0. The van der Waals surface area contributed by atoms with Gasteiger partial charge in [-0.2, -0.15) is 0 Å². The van der Waals surface area contributed by atoms with Crippen LogP contribution in [0.4, 0.5) is 5.82 Å². The number of nitrogens with two attached hydrogens (primary N) is 1. The highest BCUT2D eigenvalue weighted by Crippen LogP contribution is 2.32. The lowest BCUT2D eigenvalue weighted by atomic mass is 10.1. The first-order valence-corrected chi connectivity index (χ1v) is 6.66. The topological polar surface area (TPSA) is 97.3 Å². The van der Waals surface area contributed by atoms with E-state index in [1.807, 2.05) is 25.1 Å². The molecule has 0 aliphatic carbocycles. The standard InChI is InChI=1S/C13H11N5OS/c1-7-2-3-8(5-17-19)9(4-7)12-18-10-11(14)15-6-16-13(10)20-12/h2-6,19H,1H3,(H2,14,15,16). The number of oxime groups is 1. The van der Waals surface area contributed by atoms with Gasteiger partial charge in [0.2, 0.25) is 0 Å². The van der Waals surface area contributed by atoms with Crippen LogP contribution in [0.25, 0.3) is 20.9 Å². The third-order valence-electron chi connectivity index (χ3n) is 2.86. The fourth-order valence-corrected chi connectivity index (χ4v) is 2.87. The quantitative estimate of drug-likeness (QED) is 0.428. The van der Waals surface area contributed by atoms with E-state index in [-0.39, 0.29) is 0 Å². The van der Waals surface area contributed by atoms with Crippen molar-refractivity contribution in [1.29, 1.82) is 0 Å². The number of nitrogen functional groups attached to an aromatic ring is 1. The zero-order valence-electron chi connectivity index (χ0n) is 10.6. The second-order valence-corrected chi connectivity index (χ2v) is 5.24. The van der Waals surface area contributed by atoms with Gasteiger partial charge in [-0.05, 0) is 13.0 Å². The van der Waals surface area contributed by atoms with Crippen LogP contribution in [0.15, 0.2) is 29.7 Å². The van der Waals surface area contributed by atoms with Gasteiger partial charge in [-0.1, -0.05) is 34.2 Å². The van der Waals surface area contributed by atoms with Crippen molar-refractivity contribution in [2.75, 3.05) is 5.73 Å². The number of hydrogen-bond donors (Lipinski definition) is 2. The Morgan fingerprint density at radius 3 is 2.95 bits per heavy atom. The Balaban J connectivity index is 2.24. The van der Waals surface area contributed by atoms with Gasteiger partial charge in [-0.25, -0.2) is 15.0 Å². The van der Waals surface area contributed by atoms with Crippen LogP contribution in [0.5, 0.6) is 0 Å². The van der Waals surface area contributed by atoms with E-state index < -0.39 is 0 Å². The van der Waals surface area contributed by atoms with Gasteiger partial charge in [0, 0.05) is 11.1 Å². The average Bonchev–Trinajstić information content (AvgIpc) is 2.86. The van der Waals surface area contributed by atoms with Gasteiger partial charge in [0.1, 0.15) is 21.7 Å². The first-order chi connectivity index (χ1) is 9.69. The summed E-state index contributed by atoms with van der Waals surface area (Å²) in [6, 6.07) is 5.81. The summed E-state index contributed by atoms with van der Waals surface area (Å²) in [6.07, 6.45) is 2.81. The first-order valence-electron chi connectivity index (χ1n) is 5.84. The lowest BCUT2D eigenvalue weighted by molar-refractivity contribution is 0.322. The maximum atomic E-state index is 8.75. The molecule has 0 fully saturated rings. The van der Waals surface area contributed by atoms with Crippen molar-refractivity contribution in [3.8, 4) is 10.6 Å². The van der Waals surface area contributed by atoms with Crippen molar-refractivity contribution < 1.29 is 5.21 Å². The number of anilines is 1. The van der Waals surface area contributed by atoms with Crippen LogP contribution < -0.4 is 5.73 Å². The molecule has 0 atom stereocenters. The van der Waals surface area contributed by atoms with E-state index in [0.29, 0.717) is 11.3 Å². The lowest BCUT2D eigenvalue weighted by Gasteiger charge is -2.03. The lowest BCUT2D eigenvalue weighted by Crippen LogP contribution is -1.92. The van der Waals surface area contributed by atoms with E-state index in [0.717, 1.165) is 26.5 Å². The van der Waals surface area contributed by atoms with Crippen molar-refractivity contribution in [2.45, 2.75) is 6.92 Å². The van der Waals surface area contributed by atoms with E-state index in [9.17, 15) is 0 Å². The Morgan fingerprint density at radius 2 is 2.20 bits per heavy atom. The monoisotopic (exact) mass is 285 g/mol. The summed E-state index contributed by atoms with van der Waals surface area (Å²) in [5, 5.41) is 12.6. The highest BCUT2D eigenvalue weighted by atomic mass is 32.1. The van der Waals surface area contributed by atoms with E-state index >= 15 is 0 Å². The Hall–Kier alpha value is -2.54. The smallest absolute Gasteiger partial charge is 0.154 e. The maximum absolute atomic E-state index is 8.75. The zero-order valence-corrected chi connectivity index (χ0v) is 11.4. The molecule has 3 aromatic rings. The molecule has 0 amide bonds. The molecule has 0 unspecified atom stereocenters. The summed E-state index contributed by atoms with van der Waals surface area (Å²) in [4.78, 5) is 13.3. The summed E-state index contributed by atoms with van der Waals surface area (Å²) in [6.45, 7) is 1.99. The second kappa shape index (κ2) is 4.86. The van der Waals surface area contributed by atoms with Crippen molar-refractivity contribution in [3.05, 3.63) is 35.7 Å². The summed E-state index contributed by atoms with van der Waals surface area (Å²) in [5.41, 5.74) is 9.15. The van der Waals surface area contributed by atoms with E-state index in [1.54, 1.807) is 0 Å². The Bertz CT molecular complexity index is 812. The molecular weight excluding hydrogens is 274 g/mol. The Kier molecular flexibility index (Phi) is 3.03. The largest absolute Gasteiger partial charge is 0.411 e. The predicted molar refractivity (Wildman–Crippen MR) is 79.2 cm³/mol. The third-order valence-corrected chi connectivity index (χ3v) is 3.86. The van der Waals surface area contributed by atoms with Crippen LogP contribution in [-0.4, -0.2) is 26.4 Å². The molecule has 20 heavy (non-hydrogen) atoms. The van der Waals surface area contributed by atoms with Crippen LogP contribution in [0.2, 0.25) is 0 Å². The molecular formula is C13H11N5OS. The molecule has 0 radical (unpaired) electrons. The molecule has 2 aromatic heterocycles. The molecule has 3 rings (SSSR count). The van der Waals surface area contributed by atoms with Crippen LogP contribution in [0.1, 0.15) is 11.1 Å². The minimum absolute atomic E-state index is 0.363. The molecule has 100 valence electrons. The highest BCUT2D eigenvalue weighted by molar-refractivity contribution is 7.21. The molecule has 0 spiro atoms. The summed E-state index contributed by atoms with van der Waals surface area (Å²) in [5.74, 6) is 0.363. The van der Waals surface area contributed by atoms with Gasteiger partial charge < -0.3 is 10.9 Å². The minimum Gasteiger partial charge on any atom is -0.411 e. The van der Waals surface area contributed by atoms with Gasteiger partial charge in [-0.15, -0.1) is 0 Å². The number of aryl methyl sites for hydroxylation is 1. The predicted octanol–water partition coefficient (Wildman–Crippen LogP) is 2.45. The van der Waals surface area contributed by atoms with Gasteiger partial charge >= 0.3 is 0 Å². The number of aromatic nitrogens is 3. The van der Waals surface area contributed by atoms with E-state index in [1.165, 1.54) is 23.9 Å². The molecule has 3 N–H and O–H groups in total. The molecule has 7 heteroatoms. The molecule has 0 saturated carbocycles. The normalized spacial score (nSPS) is 11.4. The van der Waals surface area contributed by atoms with Crippen molar-refractivity contribution in [2.24, 2.45) is 5.16 Å². The Labute approximate surface area is 118 Å². The molecule has 2 heterocycles. The van der Waals surface area contributed by atoms with Crippen molar-refractivity contribution in [3.63, 3.8) is 0 Å².